The zero-order chi connectivity index (χ0) is 13.0. The maximum Gasteiger partial charge on any atom is 0.233 e. The maximum absolute atomic E-state index is 8.71. The highest BCUT2D eigenvalue weighted by Crippen LogP contribution is 2.12. The minimum absolute atomic E-state index is 0.210. The Labute approximate surface area is 107 Å². The minimum atomic E-state index is 0.210. The molecule has 98 valence electrons. The smallest absolute Gasteiger partial charge is 0.233 e. The molecule has 0 radical (unpaired) electrons. The van der Waals surface area contributed by atoms with Crippen LogP contribution in [-0.4, -0.2) is 46.6 Å². The van der Waals surface area contributed by atoms with E-state index in [4.69, 9.17) is 10.9 Å². The van der Waals surface area contributed by atoms with E-state index in [0.29, 0.717) is 0 Å². The van der Waals surface area contributed by atoms with Crippen molar-refractivity contribution in [1.82, 2.24) is 9.80 Å². The number of piperazine rings is 1. The molecule has 1 aliphatic heterocycles. The van der Waals surface area contributed by atoms with Crippen LogP contribution in [0.3, 0.4) is 0 Å². The molecule has 1 fully saturated rings. The number of oxime groups is 1. The van der Waals surface area contributed by atoms with Crippen LogP contribution in [-0.2, 0) is 6.54 Å². The van der Waals surface area contributed by atoms with Crippen LogP contribution in [0.2, 0.25) is 0 Å². The van der Waals surface area contributed by atoms with Gasteiger partial charge in [-0.3, -0.25) is 4.90 Å². The molecular formula is C13H20N4O. The fraction of sp³-hybridized carbons (Fsp3) is 0.462. The Morgan fingerprint density at radius 2 is 2.11 bits per heavy atom. The third-order valence-electron chi connectivity index (χ3n) is 3.36. The summed E-state index contributed by atoms with van der Waals surface area (Å²) in [6.45, 7) is 5.69. The van der Waals surface area contributed by atoms with Crippen LogP contribution in [0.1, 0.15) is 12.5 Å². The van der Waals surface area contributed by atoms with Crippen LogP contribution < -0.4 is 5.73 Å². The Kier molecular flexibility index (Phi) is 4.04. The van der Waals surface area contributed by atoms with E-state index in [-0.39, 0.29) is 12.0 Å². The number of nitrogens with zero attached hydrogens (tertiary/aromatic N) is 3. The van der Waals surface area contributed by atoms with Crippen molar-refractivity contribution in [3.05, 3.63) is 35.9 Å². The van der Waals surface area contributed by atoms with Crippen LogP contribution in [0.4, 0.5) is 0 Å². The lowest BCUT2D eigenvalue weighted by molar-refractivity contribution is 0.125. The second kappa shape index (κ2) is 5.73. The third kappa shape index (κ3) is 2.92. The molecule has 0 aliphatic carbocycles. The largest absolute Gasteiger partial charge is 0.408 e. The molecule has 1 heterocycles. The maximum atomic E-state index is 8.71. The highest BCUT2D eigenvalue weighted by Gasteiger charge is 2.25. The second-order valence-electron chi connectivity index (χ2n) is 4.72. The summed E-state index contributed by atoms with van der Waals surface area (Å²) in [6.07, 6.45) is 0. The molecule has 0 spiro atoms. The van der Waals surface area contributed by atoms with E-state index in [0.717, 1.165) is 26.2 Å². The molecule has 0 bridgehead atoms. The van der Waals surface area contributed by atoms with Crippen molar-refractivity contribution >= 4 is 5.96 Å². The van der Waals surface area contributed by atoms with Crippen molar-refractivity contribution in [2.45, 2.75) is 19.5 Å². The van der Waals surface area contributed by atoms with Gasteiger partial charge in [0.2, 0.25) is 5.96 Å². The Bertz CT molecular complexity index is 407. The van der Waals surface area contributed by atoms with Gasteiger partial charge in [-0.15, -0.1) is 0 Å². The Morgan fingerprint density at radius 3 is 2.72 bits per heavy atom. The monoisotopic (exact) mass is 248 g/mol. The van der Waals surface area contributed by atoms with Gasteiger partial charge >= 0.3 is 0 Å². The molecule has 0 saturated carbocycles. The van der Waals surface area contributed by atoms with Crippen LogP contribution >= 0.6 is 0 Å². The number of hydrogen-bond donors (Lipinski definition) is 2. The minimum Gasteiger partial charge on any atom is -0.408 e. The first-order chi connectivity index (χ1) is 8.70. The molecule has 18 heavy (non-hydrogen) atoms. The van der Waals surface area contributed by atoms with Gasteiger partial charge in [-0.25, -0.2) is 0 Å². The molecule has 1 atom stereocenters. The van der Waals surface area contributed by atoms with Gasteiger partial charge < -0.3 is 15.8 Å². The number of guanidine groups is 1. The lowest BCUT2D eigenvalue weighted by Gasteiger charge is -2.40. The fourth-order valence-electron chi connectivity index (χ4n) is 2.42. The summed E-state index contributed by atoms with van der Waals surface area (Å²) in [5.41, 5.74) is 6.96. The standard InChI is InChI=1S/C13H20N4O/c1-11-9-16(7-8-17(11)13(14)15-18)10-12-5-3-2-4-6-12/h2-6,11,18H,7-10H2,1H3,(H2,14,15). The Balaban J connectivity index is 1.92. The summed E-state index contributed by atoms with van der Waals surface area (Å²) in [5.74, 6) is 0.210. The third-order valence-corrected chi connectivity index (χ3v) is 3.36. The van der Waals surface area contributed by atoms with E-state index in [1.165, 1.54) is 5.56 Å². The van der Waals surface area contributed by atoms with E-state index < -0.39 is 0 Å². The molecule has 0 amide bonds. The molecule has 3 N–H and O–H groups in total. The van der Waals surface area contributed by atoms with Crippen molar-refractivity contribution in [3.8, 4) is 0 Å². The molecule has 1 aromatic carbocycles. The molecule has 2 rings (SSSR count). The van der Waals surface area contributed by atoms with Gasteiger partial charge in [0, 0.05) is 32.2 Å². The average Bonchev–Trinajstić information content (AvgIpc) is 2.39. The van der Waals surface area contributed by atoms with Gasteiger partial charge in [0.25, 0.3) is 0 Å². The summed E-state index contributed by atoms with van der Waals surface area (Å²) in [5, 5.41) is 11.8. The van der Waals surface area contributed by atoms with Crippen LogP contribution in [0.25, 0.3) is 0 Å². The van der Waals surface area contributed by atoms with E-state index in [1.807, 2.05) is 11.0 Å². The first kappa shape index (κ1) is 12.7. The summed E-state index contributed by atoms with van der Waals surface area (Å²) in [7, 11) is 0. The number of benzene rings is 1. The van der Waals surface area contributed by atoms with Gasteiger partial charge in [-0.1, -0.05) is 35.5 Å². The van der Waals surface area contributed by atoms with Crippen molar-refractivity contribution < 1.29 is 5.21 Å². The molecule has 1 aromatic rings. The van der Waals surface area contributed by atoms with Gasteiger partial charge in [-0.05, 0) is 12.5 Å². The molecule has 0 aromatic heterocycles. The molecule has 1 saturated heterocycles. The zero-order valence-corrected chi connectivity index (χ0v) is 10.7. The Morgan fingerprint density at radius 1 is 1.39 bits per heavy atom. The topological polar surface area (TPSA) is 65.1 Å². The van der Waals surface area contributed by atoms with E-state index >= 15 is 0 Å². The lowest BCUT2D eigenvalue weighted by atomic mass is 10.1. The highest BCUT2D eigenvalue weighted by molar-refractivity contribution is 5.77. The lowest BCUT2D eigenvalue weighted by Crippen LogP contribution is -2.55. The highest BCUT2D eigenvalue weighted by atomic mass is 16.4. The SMILES string of the molecule is CC1CN(Cc2ccccc2)CCN1/C(N)=N/O. The normalized spacial score (nSPS) is 22.2. The van der Waals surface area contributed by atoms with Gasteiger partial charge in [-0.2, -0.15) is 0 Å². The molecular weight excluding hydrogens is 228 g/mol. The molecule has 5 nitrogen and oxygen atoms in total. The van der Waals surface area contributed by atoms with Crippen molar-refractivity contribution in [2.75, 3.05) is 19.6 Å². The van der Waals surface area contributed by atoms with Crippen LogP contribution in [0, 0.1) is 0 Å². The van der Waals surface area contributed by atoms with Crippen LogP contribution in [0.5, 0.6) is 0 Å². The van der Waals surface area contributed by atoms with Gasteiger partial charge in [0.15, 0.2) is 0 Å². The first-order valence-electron chi connectivity index (χ1n) is 6.21. The number of rotatable bonds is 2. The van der Waals surface area contributed by atoms with Gasteiger partial charge in [0.05, 0.1) is 0 Å². The van der Waals surface area contributed by atoms with E-state index in [1.54, 1.807) is 0 Å². The second-order valence-corrected chi connectivity index (χ2v) is 4.72. The fourth-order valence-corrected chi connectivity index (χ4v) is 2.42. The van der Waals surface area contributed by atoms with Crippen LogP contribution in [0.15, 0.2) is 35.5 Å². The molecule has 5 heteroatoms. The van der Waals surface area contributed by atoms with E-state index in [9.17, 15) is 0 Å². The average molecular weight is 248 g/mol. The molecule has 1 unspecified atom stereocenters. The summed E-state index contributed by atoms with van der Waals surface area (Å²) in [4.78, 5) is 4.32. The quantitative estimate of drug-likeness (QED) is 0.353. The summed E-state index contributed by atoms with van der Waals surface area (Å²) >= 11 is 0. The Hall–Kier alpha value is -1.75. The van der Waals surface area contributed by atoms with Crippen molar-refractivity contribution in [3.63, 3.8) is 0 Å². The van der Waals surface area contributed by atoms with Crippen molar-refractivity contribution in [2.24, 2.45) is 10.9 Å². The predicted octanol–water partition coefficient (Wildman–Crippen LogP) is 0.897. The van der Waals surface area contributed by atoms with Gasteiger partial charge in [0.1, 0.15) is 0 Å². The summed E-state index contributed by atoms with van der Waals surface area (Å²) in [6, 6.07) is 10.7. The summed E-state index contributed by atoms with van der Waals surface area (Å²) < 4.78 is 0. The number of hydrogen-bond acceptors (Lipinski definition) is 3. The zero-order valence-electron chi connectivity index (χ0n) is 10.7. The predicted molar refractivity (Wildman–Crippen MR) is 71.3 cm³/mol. The van der Waals surface area contributed by atoms with E-state index in [2.05, 4.69) is 41.2 Å². The van der Waals surface area contributed by atoms with Crippen molar-refractivity contribution in [1.29, 1.82) is 0 Å². The molecule has 1 aliphatic rings. The number of nitrogens with two attached hydrogens (primary N) is 1. The first-order valence-corrected chi connectivity index (χ1v) is 6.21.